The molecule has 0 unspecified atom stereocenters. The molecule has 3 aliphatic rings. The molecule has 1 aliphatic carbocycles. The number of alkyl halides is 3. The van der Waals surface area contributed by atoms with Crippen LogP contribution in [0.5, 0.6) is 0 Å². The van der Waals surface area contributed by atoms with Gasteiger partial charge in [-0.1, -0.05) is 12.5 Å². The Morgan fingerprint density at radius 2 is 1.70 bits per heavy atom. The molecular weight excluding hydrogens is 507 g/mol. The van der Waals surface area contributed by atoms with Crippen molar-refractivity contribution < 1.29 is 31.2 Å². The molecule has 0 spiro atoms. The molecule has 2 fully saturated rings. The zero-order valence-corrected chi connectivity index (χ0v) is 21.4. The third kappa shape index (κ3) is 4.58. The molecule has 2 aliphatic heterocycles. The maximum Gasteiger partial charge on any atom is 0.416 e. The standard InChI is InChI=1S/C26H28F3N3O4S/c1-16-15-30(25(34)18-5-3-6-18)24-13-19(7-8-23(24)32(16)17(2)33)20-11-21(26(27,28)29)14-22(12-20)31-9-4-10-37(31,35)36/h7-8,11-14,16,18H,3-6,9-10,15H2,1-2H3/t16-/m0/s1. The monoisotopic (exact) mass is 535 g/mol. The second-order valence-corrected chi connectivity index (χ2v) is 12.0. The topological polar surface area (TPSA) is 78.0 Å². The Kier molecular flexibility index (Phi) is 6.24. The summed E-state index contributed by atoms with van der Waals surface area (Å²) >= 11 is 0. The molecule has 1 saturated carbocycles. The van der Waals surface area contributed by atoms with Gasteiger partial charge in [-0.05, 0) is 67.6 Å². The van der Waals surface area contributed by atoms with E-state index in [4.69, 9.17) is 0 Å². The molecule has 2 aromatic carbocycles. The van der Waals surface area contributed by atoms with Gasteiger partial charge in [-0.2, -0.15) is 13.2 Å². The number of carbonyl (C=O) groups excluding carboxylic acids is 2. The van der Waals surface area contributed by atoms with Gasteiger partial charge in [0.1, 0.15) is 0 Å². The largest absolute Gasteiger partial charge is 0.416 e. The summed E-state index contributed by atoms with van der Waals surface area (Å²) in [5, 5.41) is 0. The first kappa shape index (κ1) is 25.6. The predicted molar refractivity (Wildman–Crippen MR) is 135 cm³/mol. The van der Waals surface area contributed by atoms with Gasteiger partial charge in [-0.15, -0.1) is 0 Å². The van der Waals surface area contributed by atoms with Gasteiger partial charge in [0, 0.05) is 25.9 Å². The molecule has 0 bridgehead atoms. The lowest BCUT2D eigenvalue weighted by molar-refractivity contribution is -0.137. The smallest absolute Gasteiger partial charge is 0.308 e. The normalized spacial score (nSPS) is 21.5. The van der Waals surface area contributed by atoms with Crippen molar-refractivity contribution >= 4 is 38.9 Å². The Morgan fingerprint density at radius 1 is 0.973 bits per heavy atom. The fraction of sp³-hybridized carbons (Fsp3) is 0.462. The van der Waals surface area contributed by atoms with E-state index in [2.05, 4.69) is 0 Å². The number of hydrogen-bond donors (Lipinski definition) is 0. The van der Waals surface area contributed by atoms with Crippen LogP contribution in [0.3, 0.4) is 0 Å². The summed E-state index contributed by atoms with van der Waals surface area (Å²) in [5.74, 6) is -0.465. The molecule has 1 atom stereocenters. The van der Waals surface area contributed by atoms with Crippen molar-refractivity contribution in [1.29, 1.82) is 0 Å². The molecule has 0 radical (unpaired) electrons. The number of amides is 2. The zero-order chi connectivity index (χ0) is 26.7. The van der Waals surface area contributed by atoms with Gasteiger partial charge in [0.05, 0.1) is 34.4 Å². The van der Waals surface area contributed by atoms with Crippen molar-refractivity contribution in [3.8, 4) is 11.1 Å². The number of fused-ring (bicyclic) bond motifs is 1. The molecule has 0 aromatic heterocycles. The fourth-order valence-corrected chi connectivity index (χ4v) is 6.93. The van der Waals surface area contributed by atoms with Crippen LogP contribution in [0.25, 0.3) is 11.1 Å². The van der Waals surface area contributed by atoms with Crippen molar-refractivity contribution in [2.45, 2.75) is 51.7 Å². The third-order valence-electron chi connectivity index (χ3n) is 7.44. The highest BCUT2D eigenvalue weighted by Crippen LogP contribution is 2.43. The van der Waals surface area contributed by atoms with Crippen LogP contribution in [0.15, 0.2) is 36.4 Å². The molecule has 37 heavy (non-hydrogen) atoms. The summed E-state index contributed by atoms with van der Waals surface area (Å²) in [4.78, 5) is 29.0. The summed E-state index contributed by atoms with van der Waals surface area (Å²) in [6, 6.07) is 7.90. The quantitative estimate of drug-likeness (QED) is 0.566. The van der Waals surface area contributed by atoms with E-state index < -0.39 is 21.8 Å². The number of anilines is 3. The van der Waals surface area contributed by atoms with Crippen LogP contribution in [-0.2, 0) is 25.8 Å². The van der Waals surface area contributed by atoms with Gasteiger partial charge in [0.15, 0.2) is 0 Å². The van der Waals surface area contributed by atoms with E-state index in [0.717, 1.165) is 35.7 Å². The fourth-order valence-electron chi connectivity index (χ4n) is 5.38. The van der Waals surface area contributed by atoms with Gasteiger partial charge < -0.3 is 9.80 Å². The van der Waals surface area contributed by atoms with Crippen LogP contribution in [-0.4, -0.2) is 45.1 Å². The van der Waals surface area contributed by atoms with E-state index >= 15 is 0 Å². The maximum absolute atomic E-state index is 13.8. The second-order valence-electron chi connectivity index (χ2n) is 10.0. The molecule has 7 nitrogen and oxygen atoms in total. The van der Waals surface area contributed by atoms with Crippen molar-refractivity contribution in [1.82, 2.24) is 0 Å². The second kappa shape index (κ2) is 9.04. The van der Waals surface area contributed by atoms with Gasteiger partial charge in [0.2, 0.25) is 21.8 Å². The molecule has 2 aromatic rings. The average molecular weight is 536 g/mol. The summed E-state index contributed by atoms with van der Waals surface area (Å²) in [7, 11) is -3.70. The van der Waals surface area contributed by atoms with E-state index in [-0.39, 0.29) is 53.9 Å². The summed E-state index contributed by atoms with van der Waals surface area (Å²) in [6.07, 6.45) is -1.80. The lowest BCUT2D eigenvalue weighted by Gasteiger charge is -2.43. The van der Waals surface area contributed by atoms with Crippen LogP contribution in [0.1, 0.15) is 45.1 Å². The maximum atomic E-state index is 13.8. The van der Waals surface area contributed by atoms with Crippen molar-refractivity contribution in [2.24, 2.45) is 5.92 Å². The molecular formula is C26H28F3N3O4S. The van der Waals surface area contributed by atoms with E-state index in [1.54, 1.807) is 28.0 Å². The number of hydrogen-bond acceptors (Lipinski definition) is 4. The van der Waals surface area contributed by atoms with Crippen molar-refractivity contribution in [3.63, 3.8) is 0 Å². The number of rotatable bonds is 3. The number of sulfonamides is 1. The van der Waals surface area contributed by atoms with Crippen LogP contribution in [0.4, 0.5) is 30.2 Å². The minimum atomic E-state index is -4.68. The zero-order valence-electron chi connectivity index (χ0n) is 20.6. The molecule has 2 amide bonds. The highest BCUT2D eigenvalue weighted by Gasteiger charge is 2.38. The number of benzene rings is 2. The Hall–Kier alpha value is -3.08. The van der Waals surface area contributed by atoms with Crippen molar-refractivity contribution in [2.75, 3.05) is 32.9 Å². The van der Waals surface area contributed by atoms with E-state index in [1.165, 1.54) is 13.0 Å². The molecule has 0 N–H and O–H groups in total. The van der Waals surface area contributed by atoms with Gasteiger partial charge in [-0.25, -0.2) is 8.42 Å². The summed E-state index contributed by atoms with van der Waals surface area (Å²) in [5.41, 5.74) is 0.570. The molecule has 1 saturated heterocycles. The highest BCUT2D eigenvalue weighted by atomic mass is 32.2. The van der Waals surface area contributed by atoms with E-state index in [1.807, 2.05) is 6.92 Å². The lowest BCUT2D eigenvalue weighted by Crippen LogP contribution is -2.53. The SMILES string of the molecule is CC(=O)N1c2ccc(-c3cc(N4CCCS4(=O)=O)cc(C(F)(F)F)c3)cc2N(C(=O)C2CCC2)C[C@@H]1C. The number of halogens is 3. The summed E-state index contributed by atoms with van der Waals surface area (Å²) < 4.78 is 67.5. The molecule has 2 heterocycles. The highest BCUT2D eigenvalue weighted by molar-refractivity contribution is 7.93. The lowest BCUT2D eigenvalue weighted by atomic mass is 9.84. The first-order chi connectivity index (χ1) is 17.4. The van der Waals surface area contributed by atoms with Gasteiger partial charge in [0.25, 0.3) is 0 Å². The first-order valence-electron chi connectivity index (χ1n) is 12.3. The Bertz CT molecular complexity index is 1370. The first-order valence-corrected chi connectivity index (χ1v) is 14.0. The molecule has 5 rings (SSSR count). The number of nitrogens with zero attached hydrogens (tertiary/aromatic N) is 3. The van der Waals surface area contributed by atoms with Gasteiger partial charge in [-0.3, -0.25) is 13.9 Å². The predicted octanol–water partition coefficient (Wildman–Crippen LogP) is 4.80. The van der Waals surface area contributed by atoms with Crippen LogP contribution < -0.4 is 14.1 Å². The average Bonchev–Trinajstić information content (AvgIpc) is 3.14. The number of carbonyl (C=O) groups is 2. The van der Waals surface area contributed by atoms with Crippen LogP contribution >= 0.6 is 0 Å². The summed E-state index contributed by atoms with van der Waals surface area (Å²) in [6.45, 7) is 3.69. The van der Waals surface area contributed by atoms with Crippen LogP contribution in [0.2, 0.25) is 0 Å². The Balaban J connectivity index is 1.65. The minimum Gasteiger partial charge on any atom is -0.308 e. The Morgan fingerprint density at radius 3 is 2.27 bits per heavy atom. The minimum absolute atomic E-state index is 0.0403. The van der Waals surface area contributed by atoms with Crippen LogP contribution in [0, 0.1) is 5.92 Å². The van der Waals surface area contributed by atoms with E-state index in [0.29, 0.717) is 23.4 Å². The van der Waals surface area contributed by atoms with E-state index in [9.17, 15) is 31.2 Å². The third-order valence-corrected chi connectivity index (χ3v) is 9.31. The van der Waals surface area contributed by atoms with Crippen molar-refractivity contribution in [3.05, 3.63) is 42.0 Å². The molecule has 198 valence electrons. The molecule has 11 heteroatoms. The van der Waals surface area contributed by atoms with Gasteiger partial charge >= 0.3 is 6.18 Å². The Labute approximate surface area is 213 Å².